The van der Waals surface area contributed by atoms with Crippen LogP contribution in [0.3, 0.4) is 0 Å². The summed E-state index contributed by atoms with van der Waals surface area (Å²) in [5.41, 5.74) is 0.195. The standard InChI is InChI=1S/C17H27NO3/c1-5-6-7-14-8-10-15(11-9-14)21-12-17(4,16(19)20)18-13(2)3/h8-11,13,18H,5-7,12H2,1-4H3,(H,19,20). The van der Waals surface area contributed by atoms with Gasteiger partial charge in [0.2, 0.25) is 0 Å². The summed E-state index contributed by atoms with van der Waals surface area (Å²) in [5.74, 6) is -0.205. The molecule has 0 bridgehead atoms. The molecule has 4 heteroatoms. The van der Waals surface area contributed by atoms with Gasteiger partial charge in [-0.25, -0.2) is 0 Å². The van der Waals surface area contributed by atoms with Crippen LogP contribution in [0.1, 0.15) is 46.1 Å². The second-order valence-electron chi connectivity index (χ2n) is 5.97. The Bertz CT molecular complexity index is 442. The molecule has 118 valence electrons. The van der Waals surface area contributed by atoms with Crippen molar-refractivity contribution in [3.63, 3.8) is 0 Å². The first-order chi connectivity index (χ1) is 9.87. The Morgan fingerprint density at radius 2 is 1.95 bits per heavy atom. The number of aliphatic carboxylic acids is 1. The van der Waals surface area contributed by atoms with E-state index in [2.05, 4.69) is 12.2 Å². The number of hydrogen-bond acceptors (Lipinski definition) is 3. The molecule has 1 aromatic rings. The van der Waals surface area contributed by atoms with Gasteiger partial charge in [-0.2, -0.15) is 0 Å². The van der Waals surface area contributed by atoms with Gasteiger partial charge in [-0.1, -0.05) is 25.5 Å². The van der Waals surface area contributed by atoms with Crippen molar-refractivity contribution in [1.82, 2.24) is 5.32 Å². The number of unbranched alkanes of at least 4 members (excludes halogenated alkanes) is 1. The van der Waals surface area contributed by atoms with Crippen LogP contribution in [0, 0.1) is 0 Å². The SMILES string of the molecule is CCCCc1ccc(OCC(C)(NC(C)C)C(=O)O)cc1. The Morgan fingerprint density at radius 3 is 2.43 bits per heavy atom. The number of aryl methyl sites for hydroxylation is 1. The fourth-order valence-electron chi connectivity index (χ4n) is 2.16. The van der Waals surface area contributed by atoms with Gasteiger partial charge in [0, 0.05) is 6.04 Å². The smallest absolute Gasteiger partial charge is 0.327 e. The summed E-state index contributed by atoms with van der Waals surface area (Å²) < 4.78 is 5.65. The minimum absolute atomic E-state index is 0.0751. The Balaban J connectivity index is 2.61. The molecule has 21 heavy (non-hydrogen) atoms. The highest BCUT2D eigenvalue weighted by atomic mass is 16.5. The Hall–Kier alpha value is -1.55. The summed E-state index contributed by atoms with van der Waals surface area (Å²) in [4.78, 5) is 11.4. The Kier molecular flexibility index (Phi) is 6.69. The Morgan fingerprint density at radius 1 is 1.33 bits per heavy atom. The summed E-state index contributed by atoms with van der Waals surface area (Å²) >= 11 is 0. The third kappa shape index (κ3) is 5.76. The highest BCUT2D eigenvalue weighted by Crippen LogP contribution is 2.16. The lowest BCUT2D eigenvalue weighted by Crippen LogP contribution is -2.56. The van der Waals surface area contributed by atoms with Crippen molar-refractivity contribution in [2.75, 3.05) is 6.61 Å². The van der Waals surface area contributed by atoms with Crippen LogP contribution in [0.5, 0.6) is 5.75 Å². The molecule has 0 heterocycles. The average Bonchev–Trinajstić information content (AvgIpc) is 2.43. The number of benzene rings is 1. The quantitative estimate of drug-likeness (QED) is 0.734. The van der Waals surface area contributed by atoms with Gasteiger partial charge in [0.25, 0.3) is 0 Å². The molecule has 0 aliphatic carbocycles. The normalized spacial score (nSPS) is 14.0. The summed E-state index contributed by atoms with van der Waals surface area (Å²) in [6.07, 6.45) is 3.42. The molecule has 0 radical (unpaired) electrons. The molecule has 0 amide bonds. The highest BCUT2D eigenvalue weighted by molar-refractivity contribution is 5.78. The van der Waals surface area contributed by atoms with Crippen molar-refractivity contribution >= 4 is 5.97 Å². The van der Waals surface area contributed by atoms with E-state index in [-0.39, 0.29) is 12.6 Å². The second kappa shape index (κ2) is 8.03. The van der Waals surface area contributed by atoms with Crippen molar-refractivity contribution in [2.24, 2.45) is 0 Å². The summed E-state index contributed by atoms with van der Waals surface area (Å²) in [5, 5.41) is 12.4. The van der Waals surface area contributed by atoms with Crippen LogP contribution in [-0.4, -0.2) is 29.3 Å². The zero-order chi connectivity index (χ0) is 15.9. The number of ether oxygens (including phenoxy) is 1. The molecule has 0 saturated heterocycles. The lowest BCUT2D eigenvalue weighted by atomic mass is 10.0. The van der Waals surface area contributed by atoms with Crippen LogP contribution in [0.4, 0.5) is 0 Å². The van der Waals surface area contributed by atoms with Crippen molar-refractivity contribution in [2.45, 2.75) is 58.5 Å². The largest absolute Gasteiger partial charge is 0.491 e. The topological polar surface area (TPSA) is 58.6 Å². The van der Waals surface area contributed by atoms with E-state index in [0.717, 1.165) is 6.42 Å². The van der Waals surface area contributed by atoms with E-state index in [1.165, 1.54) is 18.4 Å². The van der Waals surface area contributed by atoms with E-state index >= 15 is 0 Å². The van der Waals surface area contributed by atoms with Crippen LogP contribution < -0.4 is 10.1 Å². The van der Waals surface area contributed by atoms with Crippen LogP contribution in [0.25, 0.3) is 0 Å². The third-order valence-corrected chi connectivity index (χ3v) is 3.35. The second-order valence-corrected chi connectivity index (χ2v) is 5.97. The maximum absolute atomic E-state index is 11.4. The maximum Gasteiger partial charge on any atom is 0.327 e. The molecular formula is C17H27NO3. The first-order valence-corrected chi connectivity index (χ1v) is 7.60. The van der Waals surface area contributed by atoms with Gasteiger partial charge < -0.3 is 9.84 Å². The van der Waals surface area contributed by atoms with Crippen LogP contribution >= 0.6 is 0 Å². The molecule has 0 saturated carbocycles. The van der Waals surface area contributed by atoms with Crippen molar-refractivity contribution in [3.05, 3.63) is 29.8 Å². The van der Waals surface area contributed by atoms with E-state index in [1.54, 1.807) is 6.92 Å². The minimum Gasteiger partial charge on any atom is -0.491 e. The summed E-state index contributed by atoms with van der Waals surface area (Å²) in [7, 11) is 0. The van der Waals surface area contributed by atoms with Crippen LogP contribution in [0.15, 0.2) is 24.3 Å². The summed E-state index contributed by atoms with van der Waals surface area (Å²) in [6.45, 7) is 7.75. The number of nitrogens with one attached hydrogen (secondary N) is 1. The van der Waals surface area contributed by atoms with Gasteiger partial charge in [0.15, 0.2) is 0 Å². The van der Waals surface area contributed by atoms with Crippen molar-refractivity contribution in [3.8, 4) is 5.75 Å². The zero-order valence-electron chi connectivity index (χ0n) is 13.5. The molecule has 1 unspecified atom stereocenters. The zero-order valence-corrected chi connectivity index (χ0v) is 13.5. The fraction of sp³-hybridized carbons (Fsp3) is 0.588. The molecule has 2 N–H and O–H groups in total. The molecule has 4 nitrogen and oxygen atoms in total. The number of rotatable bonds is 9. The third-order valence-electron chi connectivity index (χ3n) is 3.35. The van der Waals surface area contributed by atoms with E-state index in [0.29, 0.717) is 5.75 Å². The molecule has 0 fully saturated rings. The van der Waals surface area contributed by atoms with E-state index in [4.69, 9.17) is 4.74 Å². The van der Waals surface area contributed by atoms with Crippen molar-refractivity contribution in [1.29, 1.82) is 0 Å². The molecule has 1 atom stereocenters. The van der Waals surface area contributed by atoms with Gasteiger partial charge in [-0.3, -0.25) is 10.1 Å². The number of carboxylic acids is 1. The van der Waals surface area contributed by atoms with E-state index < -0.39 is 11.5 Å². The minimum atomic E-state index is -1.09. The fourth-order valence-corrected chi connectivity index (χ4v) is 2.16. The number of carboxylic acid groups (broad SMARTS) is 1. The molecule has 1 aromatic carbocycles. The van der Waals surface area contributed by atoms with Gasteiger partial charge in [-0.15, -0.1) is 0 Å². The molecule has 0 aliphatic heterocycles. The number of carbonyl (C=O) groups is 1. The molecule has 0 spiro atoms. The van der Waals surface area contributed by atoms with Crippen molar-refractivity contribution < 1.29 is 14.6 Å². The van der Waals surface area contributed by atoms with Gasteiger partial charge in [0.05, 0.1) is 0 Å². The van der Waals surface area contributed by atoms with Crippen LogP contribution in [0.2, 0.25) is 0 Å². The van der Waals surface area contributed by atoms with Gasteiger partial charge in [-0.05, 0) is 51.3 Å². The predicted octanol–water partition coefficient (Wildman–Crippen LogP) is 3.25. The first-order valence-electron chi connectivity index (χ1n) is 7.60. The first kappa shape index (κ1) is 17.5. The number of hydrogen-bond donors (Lipinski definition) is 2. The lowest BCUT2D eigenvalue weighted by Gasteiger charge is -2.28. The maximum atomic E-state index is 11.4. The predicted molar refractivity (Wildman–Crippen MR) is 84.9 cm³/mol. The van der Waals surface area contributed by atoms with E-state index in [1.807, 2.05) is 38.1 Å². The molecule has 0 aliphatic rings. The lowest BCUT2D eigenvalue weighted by molar-refractivity contribution is -0.145. The average molecular weight is 293 g/mol. The van der Waals surface area contributed by atoms with E-state index in [9.17, 15) is 9.90 Å². The monoisotopic (exact) mass is 293 g/mol. The molecule has 1 rings (SSSR count). The summed E-state index contributed by atoms with van der Waals surface area (Å²) in [6, 6.07) is 7.97. The Labute approximate surface area is 127 Å². The molecular weight excluding hydrogens is 266 g/mol. The van der Waals surface area contributed by atoms with Gasteiger partial charge in [0.1, 0.15) is 17.9 Å². The van der Waals surface area contributed by atoms with Gasteiger partial charge >= 0.3 is 5.97 Å². The highest BCUT2D eigenvalue weighted by Gasteiger charge is 2.34. The van der Waals surface area contributed by atoms with Crippen LogP contribution in [-0.2, 0) is 11.2 Å². The molecule has 0 aromatic heterocycles.